The van der Waals surface area contributed by atoms with Crippen LogP contribution in [0.2, 0.25) is 0 Å². The minimum Gasteiger partial charge on any atom is -0.295 e. The van der Waals surface area contributed by atoms with Crippen LogP contribution in [0, 0.1) is 0 Å². The number of rotatable bonds is 5. The monoisotopic (exact) mass is 152 g/mol. The highest BCUT2D eigenvalue weighted by Crippen LogP contribution is 1.97. The first-order chi connectivity index (χ1) is 5.16. The minimum atomic E-state index is 0.204. The van der Waals surface area contributed by atoms with Crippen LogP contribution in [0.4, 0.5) is 0 Å². The SMILES string of the molecule is C=C(C)/C=C\C(=O)CCCC. The first-order valence-corrected chi connectivity index (χ1v) is 4.03. The Kier molecular flexibility index (Phi) is 5.44. The third-order valence-electron chi connectivity index (χ3n) is 1.33. The van der Waals surface area contributed by atoms with Crippen molar-refractivity contribution in [1.29, 1.82) is 0 Å². The van der Waals surface area contributed by atoms with E-state index in [1.165, 1.54) is 0 Å². The fourth-order valence-electron chi connectivity index (χ4n) is 0.670. The van der Waals surface area contributed by atoms with E-state index in [-0.39, 0.29) is 5.78 Å². The molecular weight excluding hydrogens is 136 g/mol. The molecule has 0 aromatic heterocycles. The second-order valence-electron chi connectivity index (χ2n) is 2.75. The smallest absolute Gasteiger partial charge is 0.155 e. The van der Waals surface area contributed by atoms with Gasteiger partial charge >= 0.3 is 0 Å². The number of allylic oxidation sites excluding steroid dienone is 3. The summed E-state index contributed by atoms with van der Waals surface area (Å²) >= 11 is 0. The standard InChI is InChI=1S/C10H16O/c1-4-5-6-10(11)8-7-9(2)3/h7-8H,2,4-6H2,1,3H3/b8-7-. The fraction of sp³-hybridized carbons (Fsp3) is 0.500. The second kappa shape index (κ2) is 5.90. The molecule has 1 nitrogen and oxygen atoms in total. The Labute approximate surface area is 68.8 Å². The summed E-state index contributed by atoms with van der Waals surface area (Å²) in [5.41, 5.74) is 0.926. The molecule has 0 spiro atoms. The Hall–Kier alpha value is -0.850. The Morgan fingerprint density at radius 1 is 1.45 bits per heavy atom. The van der Waals surface area contributed by atoms with Gasteiger partial charge in [-0.1, -0.05) is 31.6 Å². The van der Waals surface area contributed by atoms with Crippen LogP contribution in [0.25, 0.3) is 0 Å². The van der Waals surface area contributed by atoms with Crippen molar-refractivity contribution < 1.29 is 4.79 Å². The van der Waals surface area contributed by atoms with E-state index in [0.29, 0.717) is 6.42 Å². The quantitative estimate of drug-likeness (QED) is 0.437. The van der Waals surface area contributed by atoms with Crippen LogP contribution in [0.15, 0.2) is 24.3 Å². The van der Waals surface area contributed by atoms with Crippen LogP contribution in [0.1, 0.15) is 33.1 Å². The van der Waals surface area contributed by atoms with Crippen molar-refractivity contribution in [3.05, 3.63) is 24.3 Å². The summed E-state index contributed by atoms with van der Waals surface area (Å²) in [6.45, 7) is 7.63. The maximum absolute atomic E-state index is 11.0. The van der Waals surface area contributed by atoms with Crippen molar-refractivity contribution in [2.24, 2.45) is 0 Å². The highest BCUT2D eigenvalue weighted by Gasteiger charge is 1.93. The van der Waals surface area contributed by atoms with Gasteiger partial charge in [0.2, 0.25) is 0 Å². The molecule has 0 aliphatic carbocycles. The van der Waals surface area contributed by atoms with Gasteiger partial charge in [-0.3, -0.25) is 4.79 Å². The van der Waals surface area contributed by atoms with Crippen LogP contribution in [-0.4, -0.2) is 5.78 Å². The molecule has 0 atom stereocenters. The van der Waals surface area contributed by atoms with Gasteiger partial charge in [0.1, 0.15) is 0 Å². The molecule has 0 saturated heterocycles. The molecule has 0 aromatic carbocycles. The summed E-state index contributed by atoms with van der Waals surface area (Å²) < 4.78 is 0. The second-order valence-corrected chi connectivity index (χ2v) is 2.75. The largest absolute Gasteiger partial charge is 0.295 e. The van der Waals surface area contributed by atoms with Crippen molar-refractivity contribution in [3.8, 4) is 0 Å². The molecule has 0 unspecified atom stereocenters. The van der Waals surface area contributed by atoms with Crippen molar-refractivity contribution >= 4 is 5.78 Å². The van der Waals surface area contributed by atoms with Crippen molar-refractivity contribution in [3.63, 3.8) is 0 Å². The molecule has 0 heterocycles. The van der Waals surface area contributed by atoms with Gasteiger partial charge in [-0.2, -0.15) is 0 Å². The maximum atomic E-state index is 11.0. The molecule has 62 valence electrons. The van der Waals surface area contributed by atoms with Crippen LogP contribution in [-0.2, 0) is 4.79 Å². The van der Waals surface area contributed by atoms with Crippen LogP contribution >= 0.6 is 0 Å². The predicted octanol–water partition coefficient (Wildman–Crippen LogP) is 2.88. The van der Waals surface area contributed by atoms with E-state index >= 15 is 0 Å². The van der Waals surface area contributed by atoms with Crippen molar-refractivity contribution in [1.82, 2.24) is 0 Å². The summed E-state index contributed by atoms with van der Waals surface area (Å²) in [7, 11) is 0. The van der Waals surface area contributed by atoms with Gasteiger partial charge in [-0.05, 0) is 19.4 Å². The van der Waals surface area contributed by atoms with Gasteiger partial charge in [-0.25, -0.2) is 0 Å². The van der Waals surface area contributed by atoms with E-state index in [1.54, 1.807) is 12.2 Å². The predicted molar refractivity (Wildman–Crippen MR) is 48.5 cm³/mol. The van der Waals surface area contributed by atoms with E-state index in [1.807, 2.05) is 6.92 Å². The molecular formula is C10H16O. The summed E-state index contributed by atoms with van der Waals surface area (Å²) in [5.74, 6) is 0.204. The third-order valence-corrected chi connectivity index (χ3v) is 1.33. The number of ketones is 1. The maximum Gasteiger partial charge on any atom is 0.155 e. The zero-order chi connectivity index (χ0) is 8.69. The van der Waals surface area contributed by atoms with Crippen LogP contribution in [0.3, 0.4) is 0 Å². The highest BCUT2D eigenvalue weighted by atomic mass is 16.1. The Morgan fingerprint density at radius 3 is 2.55 bits per heavy atom. The van der Waals surface area contributed by atoms with E-state index in [9.17, 15) is 4.79 Å². The van der Waals surface area contributed by atoms with Gasteiger partial charge in [0.15, 0.2) is 5.78 Å². The first kappa shape index (κ1) is 10.2. The summed E-state index contributed by atoms with van der Waals surface area (Å²) in [5, 5.41) is 0. The Bertz CT molecular complexity index is 166. The highest BCUT2D eigenvalue weighted by molar-refractivity contribution is 5.89. The number of hydrogen-bond donors (Lipinski definition) is 0. The molecule has 0 aliphatic rings. The van der Waals surface area contributed by atoms with E-state index in [0.717, 1.165) is 18.4 Å². The summed E-state index contributed by atoms with van der Waals surface area (Å²) in [4.78, 5) is 11.0. The van der Waals surface area contributed by atoms with Crippen LogP contribution < -0.4 is 0 Å². The molecule has 0 rings (SSSR count). The topological polar surface area (TPSA) is 17.1 Å². The minimum absolute atomic E-state index is 0.204. The molecule has 0 N–H and O–H groups in total. The summed E-state index contributed by atoms with van der Waals surface area (Å²) in [6, 6.07) is 0. The fourth-order valence-corrected chi connectivity index (χ4v) is 0.670. The molecule has 0 bridgehead atoms. The van der Waals surface area contributed by atoms with Crippen molar-refractivity contribution in [2.45, 2.75) is 33.1 Å². The lowest BCUT2D eigenvalue weighted by atomic mass is 10.1. The number of hydrogen-bond acceptors (Lipinski definition) is 1. The molecule has 0 saturated carbocycles. The molecule has 0 aromatic rings. The van der Waals surface area contributed by atoms with Gasteiger partial charge < -0.3 is 0 Å². The lowest BCUT2D eigenvalue weighted by Crippen LogP contribution is -1.90. The van der Waals surface area contributed by atoms with Gasteiger partial charge in [-0.15, -0.1) is 0 Å². The third kappa shape index (κ3) is 7.04. The lowest BCUT2D eigenvalue weighted by Gasteiger charge is -1.91. The first-order valence-electron chi connectivity index (χ1n) is 4.03. The molecule has 0 amide bonds. The summed E-state index contributed by atoms with van der Waals surface area (Å²) in [6.07, 6.45) is 6.10. The van der Waals surface area contributed by atoms with E-state index < -0.39 is 0 Å². The Balaban J connectivity index is 3.60. The zero-order valence-electron chi connectivity index (χ0n) is 7.39. The van der Waals surface area contributed by atoms with Gasteiger partial charge in [0.05, 0.1) is 0 Å². The molecule has 0 fully saturated rings. The molecule has 0 aliphatic heterocycles. The zero-order valence-corrected chi connectivity index (χ0v) is 7.39. The van der Waals surface area contributed by atoms with E-state index in [2.05, 4.69) is 13.5 Å². The number of carbonyl (C=O) groups is 1. The van der Waals surface area contributed by atoms with E-state index in [4.69, 9.17) is 0 Å². The normalized spacial score (nSPS) is 10.4. The van der Waals surface area contributed by atoms with Gasteiger partial charge in [0, 0.05) is 6.42 Å². The number of carbonyl (C=O) groups excluding carboxylic acids is 1. The molecule has 1 heteroatoms. The van der Waals surface area contributed by atoms with Crippen molar-refractivity contribution in [2.75, 3.05) is 0 Å². The average Bonchev–Trinajstić information content (AvgIpc) is 1.97. The molecule has 11 heavy (non-hydrogen) atoms. The van der Waals surface area contributed by atoms with Crippen LogP contribution in [0.5, 0.6) is 0 Å². The molecule has 0 radical (unpaired) electrons. The number of unbranched alkanes of at least 4 members (excludes halogenated alkanes) is 1. The lowest BCUT2D eigenvalue weighted by molar-refractivity contribution is -0.114. The average molecular weight is 152 g/mol. The Morgan fingerprint density at radius 2 is 2.09 bits per heavy atom. The van der Waals surface area contributed by atoms with Gasteiger partial charge in [0.25, 0.3) is 0 Å².